The Bertz CT molecular complexity index is 111. The Morgan fingerprint density at radius 2 is 1.33 bits per heavy atom. The van der Waals surface area contributed by atoms with Crippen LogP contribution in [0.5, 0.6) is 0 Å². The summed E-state index contributed by atoms with van der Waals surface area (Å²) in [6.07, 6.45) is 0. The number of rotatable bonds is 1. The van der Waals surface area contributed by atoms with Gasteiger partial charge in [-0.1, -0.05) is 25.9 Å². The molecule has 0 aromatic rings. The van der Waals surface area contributed by atoms with Gasteiger partial charge in [0, 0.05) is 0 Å². The molecule has 0 aromatic carbocycles. The fraction of sp³-hybridized carbons (Fsp3) is 1.00. The summed E-state index contributed by atoms with van der Waals surface area (Å²) in [7, 11) is 0. The molecule has 54 valence electrons. The minimum Gasteiger partial charge on any atom is -0.150 e. The number of hydrogen-bond acceptors (Lipinski definition) is 2. The highest BCUT2D eigenvalue weighted by Gasteiger charge is 2.33. The van der Waals surface area contributed by atoms with Gasteiger partial charge in [0.2, 0.25) is 0 Å². The van der Waals surface area contributed by atoms with E-state index in [0.29, 0.717) is 0 Å². The highest BCUT2D eigenvalue weighted by Crippen LogP contribution is 2.32. The van der Waals surface area contributed by atoms with Gasteiger partial charge in [0.15, 0.2) is 0 Å². The second-order valence-electron chi connectivity index (χ2n) is 3.90. The van der Waals surface area contributed by atoms with Crippen molar-refractivity contribution in [2.45, 2.75) is 40.2 Å². The first-order valence-electron chi connectivity index (χ1n) is 3.16. The first-order chi connectivity index (χ1) is 3.81. The lowest BCUT2D eigenvalue weighted by molar-refractivity contribution is 0.231. The molecule has 0 bridgehead atoms. The van der Waals surface area contributed by atoms with E-state index in [1.165, 1.54) is 0 Å². The van der Waals surface area contributed by atoms with Gasteiger partial charge in [-0.05, 0) is 19.3 Å². The largest absolute Gasteiger partial charge is 0.150 e. The second-order valence-corrected chi connectivity index (χ2v) is 3.90. The van der Waals surface area contributed by atoms with Crippen molar-refractivity contribution in [1.82, 2.24) is 0 Å². The van der Waals surface area contributed by atoms with E-state index in [9.17, 15) is 4.91 Å². The van der Waals surface area contributed by atoms with Crippen molar-refractivity contribution in [3.05, 3.63) is 4.91 Å². The van der Waals surface area contributed by atoms with Gasteiger partial charge in [-0.15, -0.1) is 0 Å². The molecular weight excluding hydrogens is 114 g/mol. The lowest BCUT2D eigenvalue weighted by atomic mass is 9.77. The number of nitroso groups, excluding NO2 is 1. The van der Waals surface area contributed by atoms with E-state index < -0.39 is 5.54 Å². The molecule has 0 amide bonds. The molecule has 0 aliphatic rings. The van der Waals surface area contributed by atoms with Crippen LogP contribution in [-0.4, -0.2) is 5.54 Å². The van der Waals surface area contributed by atoms with Gasteiger partial charge in [0.25, 0.3) is 0 Å². The highest BCUT2D eigenvalue weighted by molar-refractivity contribution is 4.89. The van der Waals surface area contributed by atoms with Gasteiger partial charge < -0.3 is 0 Å². The third-order valence-corrected chi connectivity index (χ3v) is 2.06. The predicted octanol–water partition coefficient (Wildman–Crippen LogP) is 2.58. The lowest BCUT2D eigenvalue weighted by Crippen LogP contribution is -2.33. The molecule has 0 aromatic heterocycles. The maximum Gasteiger partial charge on any atom is 0.102 e. The molecule has 0 aliphatic heterocycles. The fourth-order valence-corrected chi connectivity index (χ4v) is 0.137. The van der Waals surface area contributed by atoms with Gasteiger partial charge in [-0.3, -0.25) is 0 Å². The first-order valence-corrected chi connectivity index (χ1v) is 3.16. The maximum atomic E-state index is 10.2. The summed E-state index contributed by atoms with van der Waals surface area (Å²) in [4.78, 5) is 10.2. The van der Waals surface area contributed by atoms with Crippen LogP contribution in [0.4, 0.5) is 0 Å². The standard InChI is InChI=1S/C7H15NO/c1-6(2,3)7(4,5)8-9/h1-5H3. The molecule has 0 atom stereocenters. The van der Waals surface area contributed by atoms with Gasteiger partial charge in [-0.25, -0.2) is 0 Å². The predicted molar refractivity (Wildman–Crippen MR) is 39.3 cm³/mol. The summed E-state index contributed by atoms with van der Waals surface area (Å²) in [5, 5.41) is 3.04. The molecule has 0 radical (unpaired) electrons. The maximum absolute atomic E-state index is 10.2. The second kappa shape index (κ2) is 2.09. The first kappa shape index (κ1) is 8.60. The quantitative estimate of drug-likeness (QED) is 0.500. The zero-order chi connectivity index (χ0) is 7.71. The molecule has 9 heavy (non-hydrogen) atoms. The van der Waals surface area contributed by atoms with Crippen LogP contribution in [0.1, 0.15) is 34.6 Å². The molecule has 0 saturated carbocycles. The number of nitrogens with zero attached hydrogens (tertiary/aromatic N) is 1. The zero-order valence-corrected chi connectivity index (χ0v) is 6.86. The van der Waals surface area contributed by atoms with E-state index in [1.54, 1.807) is 0 Å². The van der Waals surface area contributed by atoms with Crippen LogP contribution in [0, 0.1) is 10.3 Å². The summed E-state index contributed by atoms with van der Waals surface area (Å²) in [5.74, 6) is 0. The Morgan fingerprint density at radius 3 is 1.33 bits per heavy atom. The minimum absolute atomic E-state index is 0.0330. The van der Waals surface area contributed by atoms with Crippen molar-refractivity contribution in [2.75, 3.05) is 0 Å². The van der Waals surface area contributed by atoms with Gasteiger partial charge in [0.05, 0.1) is 0 Å². The van der Waals surface area contributed by atoms with Gasteiger partial charge >= 0.3 is 0 Å². The third-order valence-electron chi connectivity index (χ3n) is 2.06. The molecule has 0 rings (SSSR count). The summed E-state index contributed by atoms with van der Waals surface area (Å²) >= 11 is 0. The topological polar surface area (TPSA) is 29.4 Å². The monoisotopic (exact) mass is 129 g/mol. The van der Waals surface area contributed by atoms with Crippen molar-refractivity contribution < 1.29 is 0 Å². The van der Waals surface area contributed by atoms with E-state index in [4.69, 9.17) is 0 Å². The molecule has 0 aliphatic carbocycles. The summed E-state index contributed by atoms with van der Waals surface area (Å²) in [6, 6.07) is 0. The zero-order valence-electron chi connectivity index (χ0n) is 6.86. The Morgan fingerprint density at radius 1 is 1.00 bits per heavy atom. The van der Waals surface area contributed by atoms with Crippen LogP contribution in [-0.2, 0) is 0 Å². The number of hydrogen-bond donors (Lipinski definition) is 0. The molecule has 0 saturated heterocycles. The average molecular weight is 129 g/mol. The van der Waals surface area contributed by atoms with Crippen molar-refractivity contribution >= 4 is 0 Å². The van der Waals surface area contributed by atoms with Gasteiger partial charge in [-0.2, -0.15) is 4.91 Å². The average Bonchev–Trinajstić information content (AvgIpc) is 1.64. The summed E-state index contributed by atoms with van der Waals surface area (Å²) < 4.78 is 0. The Balaban J connectivity index is 4.32. The Hall–Kier alpha value is -0.400. The lowest BCUT2D eigenvalue weighted by Gasteiger charge is -2.31. The molecule has 0 spiro atoms. The molecular formula is C7H15NO. The Kier molecular flexibility index (Phi) is 1.99. The summed E-state index contributed by atoms with van der Waals surface area (Å²) in [5.41, 5.74) is -0.484. The molecule has 0 unspecified atom stereocenters. The molecule has 0 N–H and O–H groups in total. The third kappa shape index (κ3) is 1.77. The smallest absolute Gasteiger partial charge is 0.102 e. The fourth-order valence-electron chi connectivity index (χ4n) is 0.137. The van der Waals surface area contributed by atoms with Crippen LogP contribution in [0.15, 0.2) is 5.18 Å². The van der Waals surface area contributed by atoms with Crippen LogP contribution in [0.3, 0.4) is 0 Å². The molecule has 0 fully saturated rings. The van der Waals surface area contributed by atoms with Crippen molar-refractivity contribution in [2.24, 2.45) is 10.6 Å². The SMILES string of the molecule is CC(C)(C)C(C)(C)N=O. The highest BCUT2D eigenvalue weighted by atomic mass is 16.3. The van der Waals surface area contributed by atoms with E-state index in [-0.39, 0.29) is 5.41 Å². The van der Waals surface area contributed by atoms with E-state index in [0.717, 1.165) is 0 Å². The van der Waals surface area contributed by atoms with Crippen LogP contribution < -0.4 is 0 Å². The van der Waals surface area contributed by atoms with E-state index in [1.807, 2.05) is 34.6 Å². The van der Waals surface area contributed by atoms with Crippen molar-refractivity contribution in [3.63, 3.8) is 0 Å². The molecule has 2 heteroatoms. The normalized spacial score (nSPS) is 13.4. The van der Waals surface area contributed by atoms with Crippen LogP contribution in [0.25, 0.3) is 0 Å². The molecule has 2 nitrogen and oxygen atoms in total. The van der Waals surface area contributed by atoms with Crippen LogP contribution >= 0.6 is 0 Å². The summed E-state index contributed by atoms with van der Waals surface area (Å²) in [6.45, 7) is 9.72. The van der Waals surface area contributed by atoms with Crippen LogP contribution in [0.2, 0.25) is 0 Å². The van der Waals surface area contributed by atoms with E-state index in [2.05, 4.69) is 5.18 Å². The Labute approximate surface area is 56.6 Å². The minimum atomic E-state index is -0.451. The van der Waals surface area contributed by atoms with E-state index >= 15 is 0 Å². The van der Waals surface area contributed by atoms with Crippen molar-refractivity contribution in [1.29, 1.82) is 0 Å². The molecule has 0 heterocycles. The van der Waals surface area contributed by atoms with Gasteiger partial charge in [0.1, 0.15) is 5.54 Å². The van der Waals surface area contributed by atoms with Crippen molar-refractivity contribution in [3.8, 4) is 0 Å².